The van der Waals surface area contributed by atoms with Crippen molar-refractivity contribution in [2.24, 2.45) is 0 Å². The van der Waals surface area contributed by atoms with Crippen LogP contribution in [-0.2, 0) is 26.2 Å². The SMILES string of the molecule is Cc1ccc(C=CS(=O)(=O)NCC(=O)OCc2cc(=O)oc3cc(C)ccc23)cc1. The second-order valence-electron chi connectivity index (χ2n) is 6.83. The number of hydrogen-bond acceptors (Lipinski definition) is 6. The Kier molecular flexibility index (Phi) is 6.49. The number of benzene rings is 2. The van der Waals surface area contributed by atoms with Gasteiger partial charge in [-0.05, 0) is 37.1 Å². The number of sulfonamides is 1. The Labute approximate surface area is 174 Å². The number of aryl methyl sites for hydroxylation is 2. The number of carbonyl (C=O) groups is 1. The van der Waals surface area contributed by atoms with Crippen molar-refractivity contribution in [3.05, 3.63) is 86.6 Å². The Morgan fingerprint density at radius 2 is 1.77 bits per heavy atom. The predicted molar refractivity (Wildman–Crippen MR) is 114 cm³/mol. The summed E-state index contributed by atoms with van der Waals surface area (Å²) in [5.41, 5.74) is 3.04. The molecule has 0 fully saturated rings. The smallest absolute Gasteiger partial charge is 0.336 e. The Balaban J connectivity index is 1.59. The molecule has 8 heteroatoms. The molecule has 0 radical (unpaired) electrons. The molecular weight excluding hydrogens is 406 g/mol. The van der Waals surface area contributed by atoms with Crippen molar-refractivity contribution >= 4 is 33.0 Å². The van der Waals surface area contributed by atoms with Crippen molar-refractivity contribution < 1.29 is 22.4 Å². The molecule has 7 nitrogen and oxygen atoms in total. The largest absolute Gasteiger partial charge is 0.460 e. The molecule has 0 aliphatic carbocycles. The highest BCUT2D eigenvalue weighted by Crippen LogP contribution is 2.19. The van der Waals surface area contributed by atoms with Gasteiger partial charge < -0.3 is 9.15 Å². The maximum atomic E-state index is 12.0. The molecule has 3 aromatic rings. The molecule has 2 aromatic carbocycles. The van der Waals surface area contributed by atoms with Gasteiger partial charge in [0.1, 0.15) is 18.7 Å². The van der Waals surface area contributed by atoms with Crippen LogP contribution in [0.4, 0.5) is 0 Å². The summed E-state index contributed by atoms with van der Waals surface area (Å²) >= 11 is 0. The average molecular weight is 427 g/mol. The van der Waals surface area contributed by atoms with E-state index in [1.807, 2.05) is 32.0 Å². The van der Waals surface area contributed by atoms with E-state index in [4.69, 9.17) is 9.15 Å². The second-order valence-corrected chi connectivity index (χ2v) is 8.48. The normalized spacial score (nSPS) is 11.8. The van der Waals surface area contributed by atoms with Gasteiger partial charge >= 0.3 is 11.6 Å². The zero-order valence-corrected chi connectivity index (χ0v) is 17.4. The van der Waals surface area contributed by atoms with Crippen LogP contribution in [-0.4, -0.2) is 20.9 Å². The maximum absolute atomic E-state index is 12.0. The fourth-order valence-corrected chi connectivity index (χ4v) is 3.47. The van der Waals surface area contributed by atoms with Crippen LogP contribution in [0, 0.1) is 13.8 Å². The third-order valence-corrected chi connectivity index (χ3v) is 5.35. The molecule has 1 N–H and O–H groups in total. The fourth-order valence-electron chi connectivity index (χ4n) is 2.72. The van der Waals surface area contributed by atoms with E-state index in [1.54, 1.807) is 24.3 Å². The molecule has 1 aromatic heterocycles. The standard InChI is InChI=1S/C22H21NO6S/c1-15-3-6-17(7-4-15)9-10-30(26,27)23-13-22(25)28-14-18-12-21(24)29-20-11-16(2)5-8-19(18)20/h3-12,23H,13-14H2,1-2H3. The van der Waals surface area contributed by atoms with Gasteiger partial charge in [-0.25, -0.2) is 17.9 Å². The number of carbonyl (C=O) groups excluding carboxylic acids is 1. The quantitative estimate of drug-likeness (QED) is 0.459. The number of hydrogen-bond donors (Lipinski definition) is 1. The lowest BCUT2D eigenvalue weighted by Gasteiger charge is -2.08. The lowest BCUT2D eigenvalue weighted by atomic mass is 10.1. The van der Waals surface area contributed by atoms with E-state index in [1.165, 1.54) is 12.1 Å². The number of rotatable bonds is 7. The Hall–Kier alpha value is -3.23. The summed E-state index contributed by atoms with van der Waals surface area (Å²) < 4.78 is 36.5. The van der Waals surface area contributed by atoms with E-state index in [0.717, 1.165) is 22.1 Å². The highest BCUT2D eigenvalue weighted by atomic mass is 32.2. The van der Waals surface area contributed by atoms with E-state index >= 15 is 0 Å². The molecule has 0 aliphatic heterocycles. The molecule has 156 valence electrons. The van der Waals surface area contributed by atoms with Gasteiger partial charge in [0.2, 0.25) is 10.0 Å². The lowest BCUT2D eigenvalue weighted by Crippen LogP contribution is -2.29. The first kappa shape index (κ1) is 21.5. The molecule has 0 saturated heterocycles. The van der Waals surface area contributed by atoms with Gasteiger partial charge in [-0.15, -0.1) is 0 Å². The Morgan fingerprint density at radius 1 is 1.07 bits per heavy atom. The first-order valence-electron chi connectivity index (χ1n) is 9.15. The molecule has 0 saturated carbocycles. The van der Waals surface area contributed by atoms with Gasteiger partial charge in [0, 0.05) is 22.4 Å². The van der Waals surface area contributed by atoms with Gasteiger partial charge in [0.25, 0.3) is 0 Å². The number of fused-ring (bicyclic) bond motifs is 1. The number of esters is 1. The van der Waals surface area contributed by atoms with Crippen LogP contribution >= 0.6 is 0 Å². The van der Waals surface area contributed by atoms with Gasteiger partial charge in [0.15, 0.2) is 0 Å². The minimum absolute atomic E-state index is 0.176. The summed E-state index contributed by atoms with van der Waals surface area (Å²) in [6, 6.07) is 13.9. The van der Waals surface area contributed by atoms with Crippen LogP contribution in [0.2, 0.25) is 0 Å². The second kappa shape index (κ2) is 9.06. The van der Waals surface area contributed by atoms with E-state index in [0.29, 0.717) is 16.5 Å². The van der Waals surface area contributed by atoms with E-state index in [-0.39, 0.29) is 6.61 Å². The van der Waals surface area contributed by atoms with Crippen molar-refractivity contribution in [1.82, 2.24) is 4.72 Å². The first-order valence-corrected chi connectivity index (χ1v) is 10.7. The van der Waals surface area contributed by atoms with Crippen LogP contribution in [0.15, 0.2) is 63.2 Å². The summed E-state index contributed by atoms with van der Waals surface area (Å²) in [4.78, 5) is 23.7. The Bertz CT molecular complexity index is 1260. The molecular formula is C22H21NO6S. The minimum atomic E-state index is -3.81. The van der Waals surface area contributed by atoms with Crippen LogP contribution in [0.5, 0.6) is 0 Å². The predicted octanol–water partition coefficient (Wildman–Crippen LogP) is 3.04. The van der Waals surface area contributed by atoms with Gasteiger partial charge in [0.05, 0.1) is 0 Å². The molecule has 3 rings (SSSR count). The molecule has 1 heterocycles. The summed E-state index contributed by atoms with van der Waals surface area (Å²) in [6.07, 6.45) is 1.43. The van der Waals surface area contributed by atoms with Gasteiger partial charge in [-0.1, -0.05) is 42.0 Å². The summed E-state index contributed by atoms with van der Waals surface area (Å²) in [5, 5.41) is 1.64. The molecule has 0 amide bonds. The highest BCUT2D eigenvalue weighted by molar-refractivity contribution is 7.92. The molecule has 0 bridgehead atoms. The van der Waals surface area contributed by atoms with Crippen LogP contribution in [0.25, 0.3) is 17.0 Å². The van der Waals surface area contributed by atoms with E-state index in [2.05, 4.69) is 4.72 Å². The van der Waals surface area contributed by atoms with E-state index in [9.17, 15) is 18.0 Å². The third-order valence-electron chi connectivity index (χ3n) is 4.31. The first-order chi connectivity index (χ1) is 14.2. The van der Waals surface area contributed by atoms with Gasteiger partial charge in [-0.3, -0.25) is 4.79 Å². The Morgan fingerprint density at radius 3 is 2.50 bits per heavy atom. The average Bonchev–Trinajstić information content (AvgIpc) is 2.69. The molecule has 0 atom stereocenters. The van der Waals surface area contributed by atoms with Crippen LogP contribution in [0.3, 0.4) is 0 Å². The topological polar surface area (TPSA) is 103 Å². The molecule has 0 unspecified atom stereocenters. The third kappa shape index (κ3) is 5.88. The number of nitrogens with one attached hydrogen (secondary N) is 1. The van der Waals surface area contributed by atoms with Crippen LogP contribution < -0.4 is 10.3 Å². The minimum Gasteiger partial charge on any atom is -0.460 e. The summed E-state index contributed by atoms with van der Waals surface area (Å²) in [5.74, 6) is -0.768. The fraction of sp³-hybridized carbons (Fsp3) is 0.182. The lowest BCUT2D eigenvalue weighted by molar-refractivity contribution is -0.143. The highest BCUT2D eigenvalue weighted by Gasteiger charge is 2.12. The molecule has 0 aliphatic rings. The van der Waals surface area contributed by atoms with Crippen molar-refractivity contribution in [2.75, 3.05) is 6.54 Å². The number of ether oxygens (including phenoxy) is 1. The zero-order chi connectivity index (χ0) is 21.7. The molecule has 0 spiro atoms. The van der Waals surface area contributed by atoms with Crippen molar-refractivity contribution in [3.63, 3.8) is 0 Å². The van der Waals surface area contributed by atoms with Gasteiger partial charge in [-0.2, -0.15) is 0 Å². The van der Waals surface area contributed by atoms with Crippen molar-refractivity contribution in [1.29, 1.82) is 0 Å². The van der Waals surface area contributed by atoms with E-state index < -0.39 is 28.2 Å². The molecule has 30 heavy (non-hydrogen) atoms. The van der Waals surface area contributed by atoms with Crippen LogP contribution in [0.1, 0.15) is 22.3 Å². The summed E-state index contributed by atoms with van der Waals surface area (Å²) in [7, 11) is -3.81. The zero-order valence-electron chi connectivity index (χ0n) is 16.5. The maximum Gasteiger partial charge on any atom is 0.336 e. The van der Waals surface area contributed by atoms with Crippen molar-refractivity contribution in [2.45, 2.75) is 20.5 Å². The van der Waals surface area contributed by atoms with Crippen molar-refractivity contribution in [3.8, 4) is 0 Å². The monoisotopic (exact) mass is 427 g/mol. The summed E-state index contributed by atoms with van der Waals surface area (Å²) in [6.45, 7) is 3.10.